The molecular formula is C22H23N3O4S. The second-order valence-corrected chi connectivity index (χ2v) is 9.43. The van der Waals surface area contributed by atoms with E-state index in [9.17, 15) is 13.2 Å². The molecule has 0 saturated carbocycles. The number of piperazine rings is 1. The van der Waals surface area contributed by atoms with Gasteiger partial charge in [0.2, 0.25) is 10.0 Å². The average molecular weight is 426 g/mol. The number of carboxylic acids is 1. The number of aromatic carboxylic acids is 1. The third-order valence-corrected chi connectivity index (χ3v) is 7.45. The van der Waals surface area contributed by atoms with Crippen LogP contribution in [0, 0.1) is 13.8 Å². The summed E-state index contributed by atoms with van der Waals surface area (Å²) < 4.78 is 27.3. The van der Waals surface area contributed by atoms with E-state index < -0.39 is 16.0 Å². The summed E-state index contributed by atoms with van der Waals surface area (Å²) in [6, 6.07) is 13.5. The fourth-order valence-corrected chi connectivity index (χ4v) is 5.20. The van der Waals surface area contributed by atoms with E-state index in [0.29, 0.717) is 26.2 Å². The number of anilines is 1. The Morgan fingerprint density at radius 1 is 0.967 bits per heavy atom. The number of hydrogen-bond donors (Lipinski definition) is 1. The lowest BCUT2D eigenvalue weighted by Gasteiger charge is -2.35. The van der Waals surface area contributed by atoms with Gasteiger partial charge in [-0.05, 0) is 55.3 Å². The van der Waals surface area contributed by atoms with Gasteiger partial charge in [-0.2, -0.15) is 4.31 Å². The first-order valence-corrected chi connectivity index (χ1v) is 11.2. The average Bonchev–Trinajstić information content (AvgIpc) is 2.74. The Labute approximate surface area is 175 Å². The molecule has 7 nitrogen and oxygen atoms in total. The van der Waals surface area contributed by atoms with Gasteiger partial charge < -0.3 is 10.0 Å². The van der Waals surface area contributed by atoms with Crippen molar-refractivity contribution < 1.29 is 18.3 Å². The zero-order valence-corrected chi connectivity index (χ0v) is 17.7. The van der Waals surface area contributed by atoms with Crippen molar-refractivity contribution in [3.05, 3.63) is 65.2 Å². The molecule has 0 bridgehead atoms. The lowest BCUT2D eigenvalue weighted by atomic mass is 10.1. The number of para-hydroxylation sites is 1. The van der Waals surface area contributed by atoms with Crippen molar-refractivity contribution in [2.24, 2.45) is 0 Å². The maximum atomic E-state index is 12.9. The molecule has 1 aliphatic rings. The van der Waals surface area contributed by atoms with Crippen LogP contribution in [0.1, 0.15) is 21.5 Å². The summed E-state index contributed by atoms with van der Waals surface area (Å²) in [6.45, 7) is 5.87. The molecule has 4 rings (SSSR count). The number of benzene rings is 2. The largest absolute Gasteiger partial charge is 0.478 e. The molecular weight excluding hydrogens is 402 g/mol. The fourth-order valence-electron chi connectivity index (χ4n) is 3.78. The highest BCUT2D eigenvalue weighted by Crippen LogP contribution is 2.26. The quantitative estimate of drug-likeness (QED) is 0.691. The van der Waals surface area contributed by atoms with Crippen molar-refractivity contribution in [1.82, 2.24) is 9.29 Å². The van der Waals surface area contributed by atoms with Gasteiger partial charge in [0.1, 0.15) is 5.82 Å². The topological polar surface area (TPSA) is 90.8 Å². The SMILES string of the molecule is Cc1cc(N2CCN(S(=O)(=O)c3ccc(C(=O)O)cc3)CC2)nc2c(C)cccc12. The molecule has 0 spiro atoms. The van der Waals surface area contributed by atoms with Gasteiger partial charge in [0.05, 0.1) is 16.0 Å². The Hall–Kier alpha value is -2.97. The first-order chi connectivity index (χ1) is 14.3. The number of nitrogens with zero attached hydrogens (tertiary/aromatic N) is 3. The van der Waals surface area contributed by atoms with Crippen LogP contribution >= 0.6 is 0 Å². The summed E-state index contributed by atoms with van der Waals surface area (Å²) in [4.78, 5) is 18.0. The predicted molar refractivity (Wildman–Crippen MR) is 116 cm³/mol. The monoisotopic (exact) mass is 425 g/mol. The zero-order valence-electron chi connectivity index (χ0n) is 16.9. The molecule has 2 aromatic carbocycles. The molecule has 0 aliphatic carbocycles. The van der Waals surface area contributed by atoms with Crippen LogP contribution < -0.4 is 4.90 Å². The summed E-state index contributed by atoms with van der Waals surface area (Å²) >= 11 is 0. The number of rotatable bonds is 4. The highest BCUT2D eigenvalue weighted by Gasteiger charge is 2.29. The van der Waals surface area contributed by atoms with Gasteiger partial charge in [-0.25, -0.2) is 18.2 Å². The molecule has 0 amide bonds. The molecule has 0 unspecified atom stereocenters. The van der Waals surface area contributed by atoms with Gasteiger partial charge >= 0.3 is 5.97 Å². The number of fused-ring (bicyclic) bond motifs is 1. The van der Waals surface area contributed by atoms with Crippen LogP contribution in [-0.4, -0.2) is 55.0 Å². The maximum Gasteiger partial charge on any atom is 0.335 e. The number of carbonyl (C=O) groups is 1. The molecule has 1 fully saturated rings. The third-order valence-electron chi connectivity index (χ3n) is 5.54. The zero-order chi connectivity index (χ0) is 21.5. The molecule has 0 atom stereocenters. The number of carboxylic acid groups (broad SMARTS) is 1. The van der Waals surface area contributed by atoms with Crippen LogP contribution in [0.5, 0.6) is 0 Å². The Bertz CT molecular complexity index is 1220. The van der Waals surface area contributed by atoms with E-state index in [1.165, 1.54) is 28.6 Å². The van der Waals surface area contributed by atoms with E-state index in [1.807, 2.05) is 19.1 Å². The van der Waals surface area contributed by atoms with Crippen LogP contribution in [0.25, 0.3) is 10.9 Å². The summed E-state index contributed by atoms with van der Waals surface area (Å²) in [5.41, 5.74) is 3.30. The molecule has 156 valence electrons. The van der Waals surface area contributed by atoms with E-state index in [4.69, 9.17) is 10.1 Å². The highest BCUT2D eigenvalue weighted by atomic mass is 32.2. The van der Waals surface area contributed by atoms with Crippen molar-refractivity contribution >= 4 is 32.7 Å². The molecule has 1 aromatic heterocycles. The molecule has 30 heavy (non-hydrogen) atoms. The first-order valence-electron chi connectivity index (χ1n) is 9.73. The van der Waals surface area contributed by atoms with Crippen molar-refractivity contribution in [2.45, 2.75) is 18.7 Å². The van der Waals surface area contributed by atoms with Crippen molar-refractivity contribution in [1.29, 1.82) is 0 Å². The van der Waals surface area contributed by atoms with Gasteiger partial charge in [0.15, 0.2) is 0 Å². The van der Waals surface area contributed by atoms with Crippen LogP contribution in [0.4, 0.5) is 5.82 Å². The molecule has 1 aliphatic heterocycles. The highest BCUT2D eigenvalue weighted by molar-refractivity contribution is 7.89. The Morgan fingerprint density at radius 3 is 2.27 bits per heavy atom. The van der Waals surface area contributed by atoms with Crippen LogP contribution in [0.2, 0.25) is 0 Å². The maximum absolute atomic E-state index is 12.9. The Morgan fingerprint density at radius 2 is 1.63 bits per heavy atom. The fraction of sp³-hybridized carbons (Fsp3) is 0.273. The van der Waals surface area contributed by atoms with E-state index in [0.717, 1.165) is 27.8 Å². The lowest BCUT2D eigenvalue weighted by Crippen LogP contribution is -2.48. The van der Waals surface area contributed by atoms with Crippen LogP contribution in [0.3, 0.4) is 0 Å². The molecule has 0 radical (unpaired) electrons. The van der Waals surface area contributed by atoms with E-state index >= 15 is 0 Å². The van der Waals surface area contributed by atoms with Gasteiger partial charge in [-0.3, -0.25) is 0 Å². The number of aryl methyl sites for hydroxylation is 2. The normalized spacial score (nSPS) is 15.5. The van der Waals surface area contributed by atoms with Crippen molar-refractivity contribution in [3.63, 3.8) is 0 Å². The number of hydrogen-bond acceptors (Lipinski definition) is 5. The van der Waals surface area contributed by atoms with Crippen LogP contribution in [-0.2, 0) is 10.0 Å². The molecule has 2 heterocycles. The summed E-state index contributed by atoms with van der Waals surface area (Å²) in [5, 5.41) is 10.1. The third kappa shape index (κ3) is 3.64. The number of pyridine rings is 1. The molecule has 1 saturated heterocycles. The van der Waals surface area contributed by atoms with Gasteiger partial charge in [0.25, 0.3) is 0 Å². The second-order valence-electron chi connectivity index (χ2n) is 7.49. The van der Waals surface area contributed by atoms with E-state index in [1.54, 1.807) is 0 Å². The summed E-state index contributed by atoms with van der Waals surface area (Å²) in [6.07, 6.45) is 0. The minimum atomic E-state index is -3.67. The van der Waals surface area contributed by atoms with E-state index in [-0.39, 0.29) is 10.5 Å². The summed E-state index contributed by atoms with van der Waals surface area (Å²) in [5.74, 6) is -0.224. The first kappa shape index (κ1) is 20.3. The Balaban J connectivity index is 1.53. The molecule has 1 N–H and O–H groups in total. The Kier molecular flexibility index (Phi) is 5.21. The molecule has 3 aromatic rings. The smallest absolute Gasteiger partial charge is 0.335 e. The van der Waals surface area contributed by atoms with Gasteiger partial charge in [-0.1, -0.05) is 18.2 Å². The molecule has 8 heteroatoms. The number of sulfonamides is 1. The lowest BCUT2D eigenvalue weighted by molar-refractivity contribution is 0.0696. The van der Waals surface area contributed by atoms with E-state index in [2.05, 4.69) is 24.0 Å². The van der Waals surface area contributed by atoms with Crippen molar-refractivity contribution in [2.75, 3.05) is 31.1 Å². The standard InChI is InChI=1S/C22H23N3O4S/c1-15-4-3-5-19-16(2)14-20(23-21(15)19)24-10-12-25(13-11-24)30(28,29)18-8-6-17(7-9-18)22(26)27/h3-9,14H,10-13H2,1-2H3,(H,26,27). The predicted octanol–water partition coefficient (Wildman–Crippen LogP) is 3.06. The minimum Gasteiger partial charge on any atom is -0.478 e. The van der Waals surface area contributed by atoms with Gasteiger partial charge in [0, 0.05) is 31.6 Å². The van der Waals surface area contributed by atoms with Gasteiger partial charge in [-0.15, -0.1) is 0 Å². The van der Waals surface area contributed by atoms with Crippen molar-refractivity contribution in [3.8, 4) is 0 Å². The summed E-state index contributed by atoms with van der Waals surface area (Å²) in [7, 11) is -3.67. The second kappa shape index (κ2) is 7.70. The van der Waals surface area contributed by atoms with Crippen LogP contribution in [0.15, 0.2) is 53.4 Å². The minimum absolute atomic E-state index is 0.0619. The number of aromatic nitrogens is 1.